The van der Waals surface area contributed by atoms with Crippen molar-refractivity contribution in [2.75, 3.05) is 14.2 Å². The van der Waals surface area contributed by atoms with E-state index in [1.54, 1.807) is 14.2 Å². The van der Waals surface area contributed by atoms with Gasteiger partial charge in [0.05, 0.1) is 14.2 Å². The first-order chi connectivity index (χ1) is 10.8. The summed E-state index contributed by atoms with van der Waals surface area (Å²) >= 11 is 0. The Bertz CT molecular complexity index is 681. The number of halogens is 2. The number of ether oxygens (including phenoxy) is 2. The van der Waals surface area contributed by atoms with E-state index in [9.17, 15) is 0 Å². The summed E-state index contributed by atoms with van der Waals surface area (Å²) in [6.45, 7) is 0. The van der Waals surface area contributed by atoms with Crippen molar-refractivity contribution in [3.05, 3.63) is 71.8 Å². The van der Waals surface area contributed by atoms with Gasteiger partial charge in [0.1, 0.15) is 5.75 Å². The number of allylic oxidation sites excluding steroid dienone is 4. The molecule has 2 nitrogen and oxygen atoms in total. The van der Waals surface area contributed by atoms with Gasteiger partial charge in [0.25, 0.3) is 0 Å². The third-order valence-corrected chi connectivity index (χ3v) is 3.78. The van der Waals surface area contributed by atoms with E-state index in [2.05, 4.69) is 36.4 Å². The van der Waals surface area contributed by atoms with E-state index in [0.717, 1.165) is 24.3 Å². The van der Waals surface area contributed by atoms with E-state index in [-0.39, 0.29) is 51.0 Å². The van der Waals surface area contributed by atoms with Gasteiger partial charge in [-0.05, 0) is 24.1 Å². The van der Waals surface area contributed by atoms with E-state index in [0.29, 0.717) is 0 Å². The first-order valence-electron chi connectivity index (χ1n) is 7.30. The Morgan fingerprint density at radius 1 is 0.960 bits per heavy atom. The summed E-state index contributed by atoms with van der Waals surface area (Å²) in [7, 11) is 3.36. The maximum atomic E-state index is 5.25. The average Bonchev–Trinajstić information content (AvgIpc) is 3.24. The van der Waals surface area contributed by atoms with Crippen LogP contribution in [0.4, 0.5) is 0 Å². The largest absolute Gasteiger partial charge is 4.00 e. The van der Waals surface area contributed by atoms with Crippen molar-refractivity contribution in [2.24, 2.45) is 0 Å². The number of fused-ring (bicyclic) bond motifs is 3. The van der Waals surface area contributed by atoms with Crippen LogP contribution in [0.1, 0.15) is 17.5 Å². The molecule has 25 heavy (non-hydrogen) atoms. The Hall–Kier alpha value is -1.02. The number of hydrogen-bond acceptors (Lipinski definition) is 2. The van der Waals surface area contributed by atoms with Crippen molar-refractivity contribution in [1.82, 2.24) is 0 Å². The van der Waals surface area contributed by atoms with Crippen LogP contribution in [0.3, 0.4) is 0 Å². The minimum absolute atomic E-state index is 0. The van der Waals surface area contributed by atoms with Crippen molar-refractivity contribution in [3.63, 3.8) is 0 Å². The normalized spacial score (nSPS) is 11.6. The van der Waals surface area contributed by atoms with Gasteiger partial charge in [-0.1, -0.05) is 11.6 Å². The quantitative estimate of drug-likeness (QED) is 0.436. The fourth-order valence-electron chi connectivity index (χ4n) is 2.66. The van der Waals surface area contributed by atoms with Crippen LogP contribution in [0.5, 0.6) is 11.5 Å². The van der Waals surface area contributed by atoms with Crippen molar-refractivity contribution in [3.8, 4) is 22.6 Å². The molecule has 128 valence electrons. The maximum absolute atomic E-state index is 5.25. The molecule has 2 aliphatic carbocycles. The van der Waals surface area contributed by atoms with Crippen LogP contribution >= 0.6 is 0 Å². The van der Waals surface area contributed by atoms with Gasteiger partial charge in [-0.15, -0.1) is 29.7 Å². The third kappa shape index (κ3) is 5.74. The molecule has 2 aliphatic rings. The minimum atomic E-state index is 0. The summed E-state index contributed by atoms with van der Waals surface area (Å²) in [5.41, 5.74) is 5.03. The summed E-state index contributed by atoms with van der Waals surface area (Å²) in [5, 5.41) is 0. The van der Waals surface area contributed by atoms with Crippen molar-refractivity contribution in [2.45, 2.75) is 12.8 Å². The molecule has 0 spiro atoms. The smallest absolute Gasteiger partial charge is 1.00 e. The first-order valence-corrected chi connectivity index (χ1v) is 7.30. The van der Waals surface area contributed by atoms with Crippen LogP contribution in [0.15, 0.2) is 48.6 Å². The zero-order chi connectivity index (χ0) is 15.4. The molecule has 5 heteroatoms. The summed E-state index contributed by atoms with van der Waals surface area (Å²) in [6, 6.07) is 13.6. The van der Waals surface area contributed by atoms with Gasteiger partial charge < -0.3 is 34.3 Å². The van der Waals surface area contributed by atoms with Crippen molar-refractivity contribution < 1.29 is 60.5 Å². The van der Waals surface area contributed by atoms with Crippen LogP contribution in [-0.2, 0) is 32.6 Å². The number of hydrogen-bond donors (Lipinski definition) is 0. The Kier molecular flexibility index (Phi) is 11.1. The van der Waals surface area contributed by atoms with E-state index >= 15 is 0 Å². The Balaban J connectivity index is 0.000000630. The molecule has 2 aromatic carbocycles. The second-order valence-electron chi connectivity index (χ2n) is 5.12. The average molecular weight is 452 g/mol. The van der Waals surface area contributed by atoms with Gasteiger partial charge in [-0.2, -0.15) is 12.1 Å². The number of rotatable bonds is 2. The molecule has 0 heterocycles. The molecule has 0 unspecified atom stereocenters. The number of benzene rings is 2. The number of methoxy groups -OCH3 is 2. The Labute approximate surface area is 181 Å². The zero-order valence-corrected chi connectivity index (χ0v) is 18.1. The summed E-state index contributed by atoms with van der Waals surface area (Å²) in [5.74, 6) is 1.70. The van der Waals surface area contributed by atoms with Crippen LogP contribution in [0, 0.1) is 12.1 Å². The predicted octanol–water partition coefficient (Wildman–Crippen LogP) is -1.61. The molecular weight excluding hydrogens is 434 g/mol. The second-order valence-corrected chi connectivity index (χ2v) is 5.12. The monoisotopic (exact) mass is 450 g/mol. The van der Waals surface area contributed by atoms with Gasteiger partial charge in [0, 0.05) is 5.75 Å². The van der Waals surface area contributed by atoms with Crippen LogP contribution in [0.25, 0.3) is 11.1 Å². The van der Waals surface area contributed by atoms with Crippen molar-refractivity contribution in [1.29, 1.82) is 0 Å². The maximum Gasteiger partial charge on any atom is 4.00 e. The molecule has 0 fully saturated rings. The van der Waals surface area contributed by atoms with E-state index in [1.165, 1.54) is 22.3 Å². The third-order valence-electron chi connectivity index (χ3n) is 3.78. The molecule has 0 saturated carbocycles. The van der Waals surface area contributed by atoms with Crippen LogP contribution in [0.2, 0.25) is 0 Å². The van der Waals surface area contributed by atoms with Gasteiger partial charge in [0.2, 0.25) is 0 Å². The standard InChI is InChI=1S/C15H13O2.C5H5.2ClH.Zr/c1-16-12-3-5-14-10(8-12)7-11-9-13(17-2)4-6-15(11)14;1-2-4-5-3-1;;;/h3-6,8H,7H2,1-2H3;1-3H,4H2;2*1H;/q2*-1;;;+4/p-2. The van der Waals surface area contributed by atoms with Gasteiger partial charge in [-0.25, -0.2) is 12.2 Å². The van der Waals surface area contributed by atoms with Gasteiger partial charge >= 0.3 is 26.2 Å². The summed E-state index contributed by atoms with van der Waals surface area (Å²) in [6.07, 6.45) is 10.9. The van der Waals surface area contributed by atoms with Gasteiger partial charge in [0.15, 0.2) is 0 Å². The molecule has 2 aromatic rings. The van der Waals surface area contributed by atoms with Gasteiger partial charge in [-0.3, -0.25) is 6.08 Å². The van der Waals surface area contributed by atoms with Crippen molar-refractivity contribution >= 4 is 0 Å². The molecule has 0 saturated heterocycles. The first kappa shape index (κ1) is 24.0. The molecular formula is C20H18Cl2O2Zr. The summed E-state index contributed by atoms with van der Waals surface area (Å²) in [4.78, 5) is 0. The predicted molar refractivity (Wildman–Crippen MR) is 88.2 cm³/mol. The molecule has 0 radical (unpaired) electrons. The fourth-order valence-corrected chi connectivity index (χ4v) is 2.66. The Morgan fingerprint density at radius 2 is 1.72 bits per heavy atom. The van der Waals surface area contributed by atoms with E-state index in [4.69, 9.17) is 9.47 Å². The van der Waals surface area contributed by atoms with Crippen LogP contribution < -0.4 is 34.3 Å². The molecule has 0 atom stereocenters. The Morgan fingerprint density at radius 3 is 2.28 bits per heavy atom. The molecule has 0 aromatic heterocycles. The fraction of sp³-hybridized carbons (Fsp3) is 0.200. The second kappa shape index (κ2) is 11.6. The molecule has 4 rings (SSSR count). The molecule has 0 aliphatic heterocycles. The van der Waals surface area contributed by atoms with E-state index in [1.807, 2.05) is 24.3 Å². The SMILES string of the molecule is COc1[c-]c2c(cc1)-c1ccc(OC)cc1C2.[C-]1=CC=CC1.[Cl-].[Cl-].[Zr+4]. The minimum Gasteiger partial charge on any atom is -1.00 e. The topological polar surface area (TPSA) is 18.5 Å². The molecule has 0 N–H and O–H groups in total. The summed E-state index contributed by atoms with van der Waals surface area (Å²) < 4.78 is 10.5. The van der Waals surface area contributed by atoms with Crippen LogP contribution in [-0.4, -0.2) is 14.2 Å². The molecule has 0 bridgehead atoms. The molecule has 0 amide bonds. The van der Waals surface area contributed by atoms with E-state index < -0.39 is 0 Å². The zero-order valence-electron chi connectivity index (χ0n) is 14.1.